The lowest BCUT2D eigenvalue weighted by atomic mass is 10.0. The topological polar surface area (TPSA) is 59.0 Å². The highest BCUT2D eigenvalue weighted by atomic mass is 16.2. The highest BCUT2D eigenvalue weighted by Gasteiger charge is 2.15. The summed E-state index contributed by atoms with van der Waals surface area (Å²) in [7, 11) is 0. The Morgan fingerprint density at radius 1 is 1.08 bits per heavy atom. The molecule has 0 spiro atoms. The standard InChI is InChI=1S/C20H24N4O/c1-13(2)15(4)22-17-10-7-8-16(14(17)3)20(25)23-24-12-21-18-9-5-6-11-19(18)24/h5-13,15,22H,1-4H3,(H,23,25). The molecule has 3 rings (SSSR count). The van der Waals surface area contributed by atoms with Crippen LogP contribution in [0.3, 0.4) is 0 Å². The van der Waals surface area contributed by atoms with E-state index in [0.717, 1.165) is 22.3 Å². The Bertz CT molecular complexity index is 898. The Hall–Kier alpha value is -2.82. The van der Waals surface area contributed by atoms with E-state index in [4.69, 9.17) is 0 Å². The van der Waals surface area contributed by atoms with Crippen molar-refractivity contribution in [3.8, 4) is 0 Å². The minimum atomic E-state index is -0.151. The number of imidazole rings is 1. The number of carbonyl (C=O) groups excluding carboxylic acids is 1. The first-order valence-electron chi connectivity index (χ1n) is 8.57. The summed E-state index contributed by atoms with van der Waals surface area (Å²) in [5, 5.41) is 3.49. The third kappa shape index (κ3) is 3.50. The van der Waals surface area contributed by atoms with Crippen molar-refractivity contribution in [3.05, 3.63) is 59.9 Å². The zero-order valence-electron chi connectivity index (χ0n) is 15.1. The minimum absolute atomic E-state index is 0.151. The largest absolute Gasteiger partial charge is 0.382 e. The number of rotatable bonds is 5. The smallest absolute Gasteiger partial charge is 0.270 e. The zero-order valence-corrected chi connectivity index (χ0v) is 15.1. The van der Waals surface area contributed by atoms with Gasteiger partial charge in [-0.3, -0.25) is 10.2 Å². The second-order valence-corrected chi connectivity index (χ2v) is 6.70. The van der Waals surface area contributed by atoms with Crippen LogP contribution in [0.1, 0.15) is 36.7 Å². The van der Waals surface area contributed by atoms with Gasteiger partial charge >= 0.3 is 0 Å². The van der Waals surface area contributed by atoms with Crippen LogP contribution in [0.4, 0.5) is 5.69 Å². The van der Waals surface area contributed by atoms with Crippen LogP contribution in [-0.4, -0.2) is 21.6 Å². The second kappa shape index (κ2) is 6.97. The Kier molecular flexibility index (Phi) is 4.74. The summed E-state index contributed by atoms with van der Waals surface area (Å²) in [6.07, 6.45) is 1.63. The molecule has 0 aliphatic rings. The van der Waals surface area contributed by atoms with Crippen LogP contribution < -0.4 is 10.7 Å². The number of carbonyl (C=O) groups is 1. The van der Waals surface area contributed by atoms with E-state index in [9.17, 15) is 4.79 Å². The molecule has 1 atom stereocenters. The van der Waals surface area contributed by atoms with Gasteiger partial charge in [-0.25, -0.2) is 9.66 Å². The predicted octanol–water partition coefficient (Wildman–Crippen LogP) is 4.19. The number of hydrogen-bond acceptors (Lipinski definition) is 3. The fourth-order valence-electron chi connectivity index (χ4n) is 2.67. The van der Waals surface area contributed by atoms with E-state index in [-0.39, 0.29) is 5.91 Å². The Balaban J connectivity index is 1.85. The first-order chi connectivity index (χ1) is 12.0. The maximum Gasteiger partial charge on any atom is 0.270 e. The monoisotopic (exact) mass is 336 g/mol. The number of benzene rings is 2. The van der Waals surface area contributed by atoms with Gasteiger partial charge in [0.15, 0.2) is 0 Å². The van der Waals surface area contributed by atoms with Crippen molar-refractivity contribution in [2.24, 2.45) is 5.92 Å². The Morgan fingerprint density at radius 3 is 2.60 bits per heavy atom. The van der Waals surface area contributed by atoms with Crippen LogP contribution in [0, 0.1) is 12.8 Å². The van der Waals surface area contributed by atoms with E-state index in [0.29, 0.717) is 17.5 Å². The van der Waals surface area contributed by atoms with Gasteiger partial charge in [-0.05, 0) is 49.6 Å². The number of anilines is 1. The first kappa shape index (κ1) is 17.0. The van der Waals surface area contributed by atoms with E-state index >= 15 is 0 Å². The highest BCUT2D eigenvalue weighted by Crippen LogP contribution is 2.22. The van der Waals surface area contributed by atoms with Gasteiger partial charge in [0.1, 0.15) is 6.33 Å². The highest BCUT2D eigenvalue weighted by molar-refractivity contribution is 6.02. The van der Waals surface area contributed by atoms with E-state index in [1.165, 1.54) is 0 Å². The molecule has 0 aliphatic heterocycles. The molecule has 1 unspecified atom stereocenters. The molecule has 2 aromatic carbocycles. The maximum atomic E-state index is 12.8. The summed E-state index contributed by atoms with van der Waals surface area (Å²) in [6, 6.07) is 13.8. The van der Waals surface area contributed by atoms with Crippen molar-refractivity contribution in [2.75, 3.05) is 10.7 Å². The molecule has 2 N–H and O–H groups in total. The van der Waals surface area contributed by atoms with E-state index in [1.807, 2.05) is 49.4 Å². The number of nitrogens with one attached hydrogen (secondary N) is 2. The maximum absolute atomic E-state index is 12.8. The molecule has 5 nitrogen and oxygen atoms in total. The number of amides is 1. The van der Waals surface area contributed by atoms with Gasteiger partial charge in [0.2, 0.25) is 0 Å². The van der Waals surface area contributed by atoms with Gasteiger partial charge in [0, 0.05) is 17.3 Å². The summed E-state index contributed by atoms with van der Waals surface area (Å²) < 4.78 is 1.66. The van der Waals surface area contributed by atoms with Crippen LogP contribution in [0.5, 0.6) is 0 Å². The van der Waals surface area contributed by atoms with Crippen molar-refractivity contribution in [3.63, 3.8) is 0 Å². The first-order valence-corrected chi connectivity index (χ1v) is 8.57. The number of hydrogen-bond donors (Lipinski definition) is 2. The molecular formula is C20H24N4O. The fourth-order valence-corrected chi connectivity index (χ4v) is 2.67. The van der Waals surface area contributed by atoms with Crippen molar-refractivity contribution in [1.29, 1.82) is 0 Å². The average molecular weight is 336 g/mol. The van der Waals surface area contributed by atoms with Gasteiger partial charge in [-0.15, -0.1) is 0 Å². The van der Waals surface area contributed by atoms with Gasteiger partial charge < -0.3 is 5.32 Å². The Morgan fingerprint density at radius 2 is 1.84 bits per heavy atom. The van der Waals surface area contributed by atoms with Gasteiger partial charge in [-0.1, -0.05) is 32.0 Å². The van der Waals surface area contributed by atoms with Crippen LogP contribution in [0.15, 0.2) is 48.8 Å². The molecular weight excluding hydrogens is 312 g/mol. The summed E-state index contributed by atoms with van der Waals surface area (Å²) in [4.78, 5) is 17.1. The normalized spacial score (nSPS) is 12.4. The summed E-state index contributed by atoms with van der Waals surface area (Å²) in [6.45, 7) is 8.46. The third-order valence-corrected chi connectivity index (χ3v) is 4.64. The average Bonchev–Trinajstić information content (AvgIpc) is 2.99. The molecule has 0 saturated heterocycles. The zero-order chi connectivity index (χ0) is 18.0. The van der Waals surface area contributed by atoms with Crippen molar-refractivity contribution in [1.82, 2.24) is 9.66 Å². The number of aromatic nitrogens is 2. The molecule has 1 aromatic heterocycles. The van der Waals surface area contributed by atoms with Crippen LogP contribution in [0.2, 0.25) is 0 Å². The van der Waals surface area contributed by atoms with Gasteiger partial charge in [-0.2, -0.15) is 0 Å². The predicted molar refractivity (Wildman–Crippen MR) is 103 cm³/mol. The number of fused-ring (bicyclic) bond motifs is 1. The molecule has 1 heterocycles. The number of para-hydroxylation sites is 2. The quantitative estimate of drug-likeness (QED) is 0.734. The molecule has 0 saturated carbocycles. The summed E-state index contributed by atoms with van der Waals surface area (Å²) in [5.74, 6) is 0.357. The molecule has 3 aromatic rings. The van der Waals surface area contributed by atoms with Gasteiger partial charge in [0.05, 0.1) is 11.0 Å². The molecule has 5 heteroatoms. The Labute approximate surface area is 148 Å². The molecule has 25 heavy (non-hydrogen) atoms. The van der Waals surface area contributed by atoms with E-state index in [2.05, 4.69) is 36.5 Å². The van der Waals surface area contributed by atoms with Crippen LogP contribution >= 0.6 is 0 Å². The van der Waals surface area contributed by atoms with Crippen LogP contribution in [0.25, 0.3) is 11.0 Å². The summed E-state index contributed by atoms with van der Waals surface area (Å²) in [5.41, 5.74) is 7.22. The fraction of sp³-hybridized carbons (Fsp3) is 0.300. The number of nitrogens with zero attached hydrogens (tertiary/aromatic N) is 2. The third-order valence-electron chi connectivity index (χ3n) is 4.64. The molecule has 1 amide bonds. The molecule has 0 aliphatic carbocycles. The van der Waals surface area contributed by atoms with Crippen molar-refractivity contribution in [2.45, 2.75) is 33.7 Å². The van der Waals surface area contributed by atoms with E-state index in [1.54, 1.807) is 11.0 Å². The van der Waals surface area contributed by atoms with Gasteiger partial charge in [0.25, 0.3) is 5.91 Å². The van der Waals surface area contributed by atoms with E-state index < -0.39 is 0 Å². The molecule has 130 valence electrons. The SMILES string of the molecule is Cc1c(NC(C)C(C)C)cccc1C(=O)Nn1cnc2ccccc21. The van der Waals surface area contributed by atoms with Crippen molar-refractivity contribution >= 4 is 22.6 Å². The lowest BCUT2D eigenvalue weighted by molar-refractivity contribution is 0.101. The molecule has 0 radical (unpaired) electrons. The lowest BCUT2D eigenvalue weighted by Crippen LogP contribution is -2.25. The van der Waals surface area contributed by atoms with Crippen molar-refractivity contribution < 1.29 is 4.79 Å². The minimum Gasteiger partial charge on any atom is -0.382 e. The second-order valence-electron chi connectivity index (χ2n) is 6.70. The van der Waals surface area contributed by atoms with Crippen LogP contribution in [-0.2, 0) is 0 Å². The lowest BCUT2D eigenvalue weighted by Gasteiger charge is -2.21. The molecule has 0 fully saturated rings. The molecule has 0 bridgehead atoms. The summed E-state index contributed by atoms with van der Waals surface area (Å²) >= 11 is 0.